The number of aryl methyl sites for hydroxylation is 1. The van der Waals surface area contributed by atoms with Crippen LogP contribution in [-0.2, 0) is 19.6 Å². The van der Waals surface area contributed by atoms with Gasteiger partial charge in [-0.25, -0.2) is 4.98 Å². The van der Waals surface area contributed by atoms with E-state index in [1.807, 2.05) is 24.3 Å². The molecule has 0 aliphatic rings. The van der Waals surface area contributed by atoms with E-state index in [2.05, 4.69) is 23.1 Å². The molecule has 0 spiro atoms. The van der Waals surface area contributed by atoms with E-state index in [-0.39, 0.29) is 11.5 Å². The molecule has 0 saturated carbocycles. The van der Waals surface area contributed by atoms with Crippen LogP contribution >= 0.6 is 12.2 Å². The van der Waals surface area contributed by atoms with Crippen molar-refractivity contribution in [1.82, 2.24) is 24.0 Å². The largest absolute Gasteiger partial charge is 0.334 e. The Morgan fingerprint density at radius 3 is 2.77 bits per heavy atom. The average molecular weight is 434 g/mol. The number of amides is 1. The number of aromatic amines is 1. The van der Waals surface area contributed by atoms with Gasteiger partial charge in [-0.3, -0.25) is 14.2 Å². The van der Waals surface area contributed by atoms with Gasteiger partial charge in [-0.05, 0) is 49.5 Å². The molecule has 158 valence electrons. The zero-order valence-corrected chi connectivity index (χ0v) is 18.3. The van der Waals surface area contributed by atoms with Crippen molar-refractivity contribution in [2.75, 3.05) is 7.05 Å². The third-order valence-electron chi connectivity index (χ3n) is 5.32. The molecule has 8 heteroatoms. The molecule has 0 saturated heterocycles. The molecule has 0 fully saturated rings. The van der Waals surface area contributed by atoms with Crippen molar-refractivity contribution in [2.45, 2.75) is 26.6 Å². The number of H-pyrrole nitrogens is 1. The normalized spacial score (nSPS) is 11.2. The molecule has 4 rings (SSSR count). The number of carbonyl (C=O) groups is 1. The highest BCUT2D eigenvalue weighted by atomic mass is 32.1. The van der Waals surface area contributed by atoms with E-state index in [9.17, 15) is 9.59 Å². The molecule has 0 unspecified atom stereocenters. The summed E-state index contributed by atoms with van der Waals surface area (Å²) in [5, 5.41) is 0.474. The van der Waals surface area contributed by atoms with E-state index in [1.165, 1.54) is 4.57 Å². The summed E-state index contributed by atoms with van der Waals surface area (Å²) in [7, 11) is 1.75. The maximum absolute atomic E-state index is 13.1. The highest BCUT2D eigenvalue weighted by Gasteiger charge is 2.17. The number of hydrogen-bond donors (Lipinski definition) is 1. The predicted octanol–water partition coefficient (Wildman–Crippen LogP) is 3.89. The van der Waals surface area contributed by atoms with Crippen LogP contribution in [0.3, 0.4) is 0 Å². The van der Waals surface area contributed by atoms with E-state index in [0.29, 0.717) is 34.3 Å². The number of aromatic nitrogens is 4. The quantitative estimate of drug-likeness (QED) is 0.370. The molecule has 1 amide bonds. The van der Waals surface area contributed by atoms with Crippen molar-refractivity contribution in [1.29, 1.82) is 0 Å². The summed E-state index contributed by atoms with van der Waals surface area (Å²) in [6.07, 6.45) is 1.62. The highest BCUT2D eigenvalue weighted by molar-refractivity contribution is 7.71. The molecule has 2 aromatic carbocycles. The second-order valence-electron chi connectivity index (χ2n) is 7.32. The zero-order valence-electron chi connectivity index (χ0n) is 17.5. The first-order valence-corrected chi connectivity index (χ1v) is 10.4. The topological polar surface area (TPSA) is 75.9 Å². The van der Waals surface area contributed by atoms with E-state index in [4.69, 9.17) is 17.2 Å². The number of hydrogen-bond acceptors (Lipinski definition) is 4. The molecule has 4 aromatic rings. The van der Waals surface area contributed by atoms with Gasteiger partial charge in [-0.2, -0.15) is 0 Å². The summed E-state index contributed by atoms with van der Waals surface area (Å²) < 4.78 is 3.85. The van der Waals surface area contributed by atoms with Crippen molar-refractivity contribution in [3.05, 3.63) is 81.6 Å². The van der Waals surface area contributed by atoms with Crippen molar-refractivity contribution < 1.29 is 4.79 Å². The number of nitrogens with zero attached hydrogens (tertiary/aromatic N) is 4. The van der Waals surface area contributed by atoms with Crippen LogP contribution in [0.5, 0.6) is 0 Å². The first kappa shape index (κ1) is 20.7. The van der Waals surface area contributed by atoms with E-state index in [1.54, 1.807) is 36.2 Å². The number of carbonyl (C=O) groups excluding carboxylic acids is 1. The van der Waals surface area contributed by atoms with Crippen molar-refractivity contribution in [2.24, 2.45) is 0 Å². The summed E-state index contributed by atoms with van der Waals surface area (Å²) in [5.41, 5.74) is 2.77. The lowest BCUT2D eigenvalue weighted by molar-refractivity contribution is 0.0780. The van der Waals surface area contributed by atoms with Gasteiger partial charge >= 0.3 is 0 Å². The summed E-state index contributed by atoms with van der Waals surface area (Å²) in [6.45, 7) is 7.18. The van der Waals surface area contributed by atoms with Gasteiger partial charge in [0.05, 0.1) is 28.5 Å². The Labute approximate surface area is 184 Å². The fourth-order valence-electron chi connectivity index (χ4n) is 3.79. The fraction of sp³-hybridized carbons (Fsp3) is 0.217. The first-order valence-electron chi connectivity index (χ1n) is 10.0. The Bertz CT molecular complexity index is 1430. The number of benzene rings is 2. The van der Waals surface area contributed by atoms with E-state index in [0.717, 1.165) is 23.4 Å². The van der Waals surface area contributed by atoms with Crippen LogP contribution in [0.4, 0.5) is 0 Å². The van der Waals surface area contributed by atoms with Crippen LogP contribution in [0.15, 0.2) is 59.9 Å². The van der Waals surface area contributed by atoms with Crippen LogP contribution in [0, 0.1) is 4.77 Å². The molecule has 7 nitrogen and oxygen atoms in total. The average Bonchev–Trinajstić information content (AvgIpc) is 3.12. The van der Waals surface area contributed by atoms with Crippen molar-refractivity contribution in [3.8, 4) is 0 Å². The Balaban J connectivity index is 1.66. The van der Waals surface area contributed by atoms with Gasteiger partial charge < -0.3 is 14.5 Å². The molecule has 2 heterocycles. The smallest absolute Gasteiger partial charge is 0.262 e. The van der Waals surface area contributed by atoms with Gasteiger partial charge in [0.2, 0.25) is 0 Å². The van der Waals surface area contributed by atoms with Crippen molar-refractivity contribution in [3.63, 3.8) is 0 Å². The first-order chi connectivity index (χ1) is 14.9. The molecule has 0 atom stereocenters. The summed E-state index contributed by atoms with van der Waals surface area (Å²) in [4.78, 5) is 35.1. The van der Waals surface area contributed by atoms with E-state index >= 15 is 0 Å². The van der Waals surface area contributed by atoms with Crippen LogP contribution in [-0.4, -0.2) is 37.0 Å². The third-order valence-corrected chi connectivity index (χ3v) is 5.64. The Morgan fingerprint density at radius 1 is 1.26 bits per heavy atom. The third kappa shape index (κ3) is 3.70. The van der Waals surface area contributed by atoms with Crippen LogP contribution in [0.2, 0.25) is 0 Å². The minimum atomic E-state index is -0.206. The minimum absolute atomic E-state index is 0.161. The maximum atomic E-state index is 13.1. The molecule has 0 radical (unpaired) electrons. The monoisotopic (exact) mass is 433 g/mol. The van der Waals surface area contributed by atoms with Crippen LogP contribution in [0.1, 0.15) is 23.1 Å². The maximum Gasteiger partial charge on any atom is 0.262 e. The highest BCUT2D eigenvalue weighted by Crippen LogP contribution is 2.18. The molecule has 0 aliphatic carbocycles. The van der Waals surface area contributed by atoms with Gasteiger partial charge in [-0.1, -0.05) is 18.2 Å². The molecule has 0 bridgehead atoms. The second-order valence-corrected chi connectivity index (χ2v) is 7.70. The lowest BCUT2D eigenvalue weighted by atomic mass is 10.1. The van der Waals surface area contributed by atoms with Gasteiger partial charge in [0.15, 0.2) is 4.77 Å². The zero-order chi connectivity index (χ0) is 22.1. The fourth-order valence-corrected chi connectivity index (χ4v) is 4.05. The Hall–Kier alpha value is -3.52. The molecule has 2 aromatic heterocycles. The lowest BCUT2D eigenvalue weighted by Crippen LogP contribution is -2.28. The second kappa shape index (κ2) is 8.31. The van der Waals surface area contributed by atoms with Crippen molar-refractivity contribution >= 4 is 40.1 Å². The number of allylic oxidation sites excluding steroid dienone is 1. The minimum Gasteiger partial charge on any atom is -0.334 e. The number of nitrogens with one attached hydrogen (secondary N) is 1. The van der Waals surface area contributed by atoms with Crippen LogP contribution in [0.25, 0.3) is 21.9 Å². The molecular weight excluding hydrogens is 410 g/mol. The summed E-state index contributed by atoms with van der Waals surface area (Å²) in [5.74, 6) is 0.665. The van der Waals surface area contributed by atoms with Gasteiger partial charge in [0, 0.05) is 25.7 Å². The number of imidazole rings is 1. The van der Waals surface area contributed by atoms with Gasteiger partial charge in [0.25, 0.3) is 11.5 Å². The molecule has 1 N–H and O–H groups in total. The predicted molar refractivity (Wildman–Crippen MR) is 125 cm³/mol. The van der Waals surface area contributed by atoms with Crippen LogP contribution < -0.4 is 5.56 Å². The molecule has 31 heavy (non-hydrogen) atoms. The standard InChI is InChI=1S/C23H23N5O2S/c1-4-12-28-22(30)16-11-10-15(13-18(16)25-23(28)31)21(29)26(3)14-20-24-17-8-6-7-9-19(17)27(20)5-2/h4,6-11,13H,1,5,12,14H2,2-3H3,(H,25,31). The van der Waals surface area contributed by atoms with Gasteiger partial charge in [0.1, 0.15) is 5.82 Å². The number of para-hydroxylation sites is 2. The van der Waals surface area contributed by atoms with E-state index < -0.39 is 0 Å². The molecular formula is C23H23N5O2S. The Morgan fingerprint density at radius 2 is 2.03 bits per heavy atom. The summed E-state index contributed by atoms with van der Waals surface area (Å²) >= 11 is 5.29. The SMILES string of the molecule is C=CCn1c(=S)[nH]c2cc(C(=O)N(C)Cc3nc4ccccc4n3CC)ccc2c1=O. The van der Waals surface area contributed by atoms with Gasteiger partial charge in [-0.15, -0.1) is 6.58 Å². The lowest BCUT2D eigenvalue weighted by Gasteiger charge is -2.18. The Kier molecular flexibility index (Phi) is 5.56. The number of fused-ring (bicyclic) bond motifs is 2. The number of rotatable bonds is 6. The summed E-state index contributed by atoms with van der Waals surface area (Å²) in [6, 6.07) is 12.9. The molecule has 0 aliphatic heterocycles.